The van der Waals surface area contributed by atoms with E-state index < -0.39 is 0 Å². The van der Waals surface area contributed by atoms with Crippen LogP contribution in [0.25, 0.3) is 16.7 Å². The zero-order valence-corrected chi connectivity index (χ0v) is 9.46. The van der Waals surface area contributed by atoms with Crippen LogP contribution in [0, 0.1) is 6.92 Å². The lowest BCUT2D eigenvalue weighted by Crippen LogP contribution is -2.04. The third-order valence-electron chi connectivity index (χ3n) is 2.71. The molecule has 3 rings (SSSR count). The Labute approximate surface area is 98.7 Å². The zero-order valence-electron chi connectivity index (χ0n) is 9.46. The van der Waals surface area contributed by atoms with Gasteiger partial charge < -0.3 is 5.73 Å². The van der Waals surface area contributed by atoms with Gasteiger partial charge in [-0.05, 0) is 24.6 Å². The highest BCUT2D eigenvalue weighted by Gasteiger charge is 2.08. The molecule has 3 aromatic rings. The SMILES string of the molecule is Cc1cnc(-n2ncc3ccccc32)c(N)c1. The van der Waals surface area contributed by atoms with E-state index in [-0.39, 0.29) is 0 Å². The number of nitrogen functional groups attached to an aromatic ring is 1. The topological polar surface area (TPSA) is 56.7 Å². The molecule has 0 atom stereocenters. The average Bonchev–Trinajstić information content (AvgIpc) is 2.73. The van der Waals surface area contributed by atoms with Gasteiger partial charge in [0.1, 0.15) is 0 Å². The number of aryl methyl sites for hydroxylation is 1. The largest absolute Gasteiger partial charge is 0.396 e. The Morgan fingerprint density at radius 1 is 1.18 bits per heavy atom. The lowest BCUT2D eigenvalue weighted by atomic mass is 10.2. The number of pyridine rings is 1. The first kappa shape index (κ1) is 9.84. The maximum Gasteiger partial charge on any atom is 0.177 e. The number of rotatable bonds is 1. The molecule has 0 aliphatic carbocycles. The highest BCUT2D eigenvalue weighted by molar-refractivity contribution is 5.80. The van der Waals surface area contributed by atoms with Crippen LogP contribution in [-0.2, 0) is 0 Å². The third-order valence-corrected chi connectivity index (χ3v) is 2.71. The quantitative estimate of drug-likeness (QED) is 0.690. The number of aromatic nitrogens is 3. The van der Waals surface area contributed by atoms with Crippen molar-refractivity contribution in [3.63, 3.8) is 0 Å². The van der Waals surface area contributed by atoms with Gasteiger partial charge in [-0.2, -0.15) is 5.10 Å². The van der Waals surface area contributed by atoms with Gasteiger partial charge in [-0.15, -0.1) is 0 Å². The van der Waals surface area contributed by atoms with E-state index in [1.165, 1.54) is 0 Å². The Morgan fingerprint density at radius 3 is 2.82 bits per heavy atom. The first-order valence-electron chi connectivity index (χ1n) is 5.41. The summed E-state index contributed by atoms with van der Waals surface area (Å²) in [6, 6.07) is 9.89. The van der Waals surface area contributed by atoms with E-state index in [4.69, 9.17) is 5.73 Å². The van der Waals surface area contributed by atoms with Gasteiger partial charge in [-0.3, -0.25) is 0 Å². The molecule has 84 valence electrons. The van der Waals surface area contributed by atoms with Crippen molar-refractivity contribution in [2.45, 2.75) is 6.92 Å². The number of fused-ring (bicyclic) bond motifs is 1. The van der Waals surface area contributed by atoms with Gasteiger partial charge in [0, 0.05) is 11.6 Å². The Kier molecular flexibility index (Phi) is 2.08. The average molecular weight is 224 g/mol. The van der Waals surface area contributed by atoms with Crippen LogP contribution < -0.4 is 5.73 Å². The van der Waals surface area contributed by atoms with Crippen molar-refractivity contribution in [3.05, 3.63) is 48.3 Å². The maximum absolute atomic E-state index is 5.98. The monoisotopic (exact) mass is 224 g/mol. The number of benzene rings is 1. The van der Waals surface area contributed by atoms with Gasteiger partial charge >= 0.3 is 0 Å². The van der Waals surface area contributed by atoms with Crippen molar-refractivity contribution >= 4 is 16.6 Å². The summed E-state index contributed by atoms with van der Waals surface area (Å²) in [5.74, 6) is 0.678. The summed E-state index contributed by atoms with van der Waals surface area (Å²) >= 11 is 0. The number of hydrogen-bond acceptors (Lipinski definition) is 3. The molecular formula is C13H12N4. The van der Waals surface area contributed by atoms with Crippen molar-refractivity contribution in [3.8, 4) is 5.82 Å². The summed E-state index contributed by atoms with van der Waals surface area (Å²) in [4.78, 5) is 4.35. The summed E-state index contributed by atoms with van der Waals surface area (Å²) in [5.41, 5.74) is 8.67. The first-order valence-corrected chi connectivity index (χ1v) is 5.41. The number of nitrogens with two attached hydrogens (primary N) is 1. The molecule has 2 N–H and O–H groups in total. The Balaban J connectivity index is 2.27. The van der Waals surface area contributed by atoms with Crippen LogP contribution in [0.5, 0.6) is 0 Å². The second kappa shape index (κ2) is 3.59. The lowest BCUT2D eigenvalue weighted by Gasteiger charge is -2.06. The normalized spacial score (nSPS) is 10.9. The summed E-state index contributed by atoms with van der Waals surface area (Å²) < 4.78 is 1.77. The van der Waals surface area contributed by atoms with Crippen LogP contribution in [0.2, 0.25) is 0 Å². The second-order valence-electron chi connectivity index (χ2n) is 4.04. The van der Waals surface area contributed by atoms with Crippen molar-refractivity contribution < 1.29 is 0 Å². The molecule has 0 spiro atoms. The van der Waals surface area contributed by atoms with Gasteiger partial charge in [0.25, 0.3) is 0 Å². The van der Waals surface area contributed by atoms with Gasteiger partial charge in [-0.25, -0.2) is 9.67 Å². The number of anilines is 1. The van der Waals surface area contributed by atoms with E-state index in [0.717, 1.165) is 16.5 Å². The van der Waals surface area contributed by atoms with Gasteiger partial charge in [0.05, 0.1) is 17.4 Å². The Bertz CT molecular complexity index is 685. The van der Waals surface area contributed by atoms with E-state index in [2.05, 4.69) is 10.1 Å². The molecule has 4 heteroatoms. The maximum atomic E-state index is 5.98. The van der Waals surface area contributed by atoms with E-state index in [1.807, 2.05) is 43.5 Å². The number of hydrogen-bond donors (Lipinski definition) is 1. The smallest absolute Gasteiger partial charge is 0.177 e. The Hall–Kier alpha value is -2.36. The molecule has 0 bridgehead atoms. The van der Waals surface area contributed by atoms with Crippen molar-refractivity contribution in [1.29, 1.82) is 0 Å². The minimum Gasteiger partial charge on any atom is -0.396 e. The molecule has 0 aliphatic heterocycles. The number of para-hydroxylation sites is 1. The molecule has 4 nitrogen and oxygen atoms in total. The molecule has 2 heterocycles. The van der Waals surface area contributed by atoms with Crippen LogP contribution in [0.1, 0.15) is 5.56 Å². The molecule has 2 aromatic heterocycles. The first-order chi connectivity index (χ1) is 8.25. The summed E-state index contributed by atoms with van der Waals surface area (Å²) in [5, 5.41) is 5.41. The summed E-state index contributed by atoms with van der Waals surface area (Å²) in [7, 11) is 0. The van der Waals surface area contributed by atoms with Gasteiger partial charge in [-0.1, -0.05) is 18.2 Å². The van der Waals surface area contributed by atoms with Crippen LogP contribution in [-0.4, -0.2) is 14.8 Å². The van der Waals surface area contributed by atoms with Crippen LogP contribution in [0.15, 0.2) is 42.7 Å². The van der Waals surface area contributed by atoms with E-state index in [1.54, 1.807) is 10.9 Å². The van der Waals surface area contributed by atoms with Crippen molar-refractivity contribution in [2.24, 2.45) is 0 Å². The minimum atomic E-state index is 0.638. The predicted octanol–water partition coefficient (Wildman–Crippen LogP) is 2.31. The molecule has 0 fully saturated rings. The molecule has 0 saturated carbocycles. The van der Waals surface area contributed by atoms with E-state index in [9.17, 15) is 0 Å². The lowest BCUT2D eigenvalue weighted by molar-refractivity contribution is 0.876. The minimum absolute atomic E-state index is 0.638. The molecule has 0 aliphatic rings. The molecule has 17 heavy (non-hydrogen) atoms. The Morgan fingerprint density at radius 2 is 2.00 bits per heavy atom. The molecule has 0 amide bonds. The molecule has 0 saturated heterocycles. The number of nitrogens with zero attached hydrogens (tertiary/aromatic N) is 3. The van der Waals surface area contributed by atoms with Crippen molar-refractivity contribution in [2.75, 3.05) is 5.73 Å². The summed E-state index contributed by atoms with van der Waals surface area (Å²) in [6.45, 7) is 1.97. The fraction of sp³-hybridized carbons (Fsp3) is 0.0769. The third kappa shape index (κ3) is 1.54. The van der Waals surface area contributed by atoms with E-state index in [0.29, 0.717) is 11.5 Å². The fourth-order valence-corrected chi connectivity index (χ4v) is 1.90. The predicted molar refractivity (Wildman–Crippen MR) is 68.0 cm³/mol. The zero-order chi connectivity index (χ0) is 11.8. The van der Waals surface area contributed by atoms with Crippen LogP contribution in [0.3, 0.4) is 0 Å². The molecule has 0 radical (unpaired) electrons. The van der Waals surface area contributed by atoms with E-state index >= 15 is 0 Å². The van der Waals surface area contributed by atoms with Crippen molar-refractivity contribution in [1.82, 2.24) is 14.8 Å². The molecule has 0 unspecified atom stereocenters. The van der Waals surface area contributed by atoms with Gasteiger partial charge in [0.15, 0.2) is 5.82 Å². The fourth-order valence-electron chi connectivity index (χ4n) is 1.90. The second-order valence-corrected chi connectivity index (χ2v) is 4.04. The van der Waals surface area contributed by atoms with Gasteiger partial charge in [0.2, 0.25) is 0 Å². The van der Waals surface area contributed by atoms with Crippen LogP contribution in [0.4, 0.5) is 5.69 Å². The summed E-state index contributed by atoms with van der Waals surface area (Å²) in [6.07, 6.45) is 3.61. The van der Waals surface area contributed by atoms with Crippen LogP contribution >= 0.6 is 0 Å². The highest BCUT2D eigenvalue weighted by Crippen LogP contribution is 2.20. The molecule has 1 aromatic carbocycles. The standard InChI is InChI=1S/C13H12N4/c1-9-6-11(14)13(15-7-9)17-12-5-3-2-4-10(12)8-16-17/h2-8H,14H2,1H3. The highest BCUT2D eigenvalue weighted by atomic mass is 15.3. The molecular weight excluding hydrogens is 212 g/mol.